The molecule has 0 spiro atoms. The Kier molecular flexibility index (Phi) is 5.66. The van der Waals surface area contributed by atoms with Crippen molar-refractivity contribution in [2.75, 3.05) is 43.4 Å². The molecule has 31 heavy (non-hydrogen) atoms. The Bertz CT molecular complexity index is 1130. The number of piperazine rings is 1. The number of rotatable bonds is 5. The molecule has 10 heteroatoms. The van der Waals surface area contributed by atoms with E-state index in [1.165, 1.54) is 0 Å². The van der Waals surface area contributed by atoms with Gasteiger partial charge in [-0.05, 0) is 17.2 Å². The van der Waals surface area contributed by atoms with Crippen LogP contribution in [-0.4, -0.2) is 72.7 Å². The number of aromatic nitrogens is 6. The summed E-state index contributed by atoms with van der Waals surface area (Å²) in [6.07, 6.45) is 2.52. The van der Waals surface area contributed by atoms with E-state index in [0.717, 1.165) is 73.4 Å². The van der Waals surface area contributed by atoms with Gasteiger partial charge in [0.2, 0.25) is 0 Å². The highest BCUT2D eigenvalue weighted by Gasteiger charge is 2.22. The predicted molar refractivity (Wildman–Crippen MR) is 122 cm³/mol. The quantitative estimate of drug-likeness (QED) is 0.589. The third-order valence-corrected chi connectivity index (χ3v) is 7.08. The first-order valence-corrected chi connectivity index (χ1v) is 12.1. The lowest BCUT2D eigenvalue weighted by Crippen LogP contribution is -2.48. The predicted octanol–water partition coefficient (Wildman–Crippen LogP) is 1.42. The van der Waals surface area contributed by atoms with Crippen molar-refractivity contribution in [3.8, 4) is 0 Å². The van der Waals surface area contributed by atoms with Crippen molar-refractivity contribution in [2.24, 2.45) is 0 Å². The lowest BCUT2D eigenvalue weighted by molar-refractivity contribution is 0.241. The molecule has 0 aromatic carbocycles. The highest BCUT2D eigenvalue weighted by molar-refractivity contribution is 7.98. The van der Waals surface area contributed by atoms with Gasteiger partial charge in [-0.3, -0.25) is 9.69 Å². The zero-order valence-corrected chi connectivity index (χ0v) is 18.9. The van der Waals surface area contributed by atoms with E-state index in [1.807, 2.05) is 16.3 Å². The SMILES string of the molecule is CC(C)c1cc(N2CCN(CCn3nc4c(cc3=O)CSCC4)CC2)n2ncnc2n1. The zero-order valence-electron chi connectivity index (χ0n) is 18.1. The molecule has 0 bridgehead atoms. The number of fused-ring (bicyclic) bond motifs is 2. The molecule has 3 aromatic heterocycles. The molecule has 0 amide bonds. The van der Waals surface area contributed by atoms with Gasteiger partial charge in [0, 0.05) is 57.0 Å². The van der Waals surface area contributed by atoms with Gasteiger partial charge in [-0.15, -0.1) is 0 Å². The second-order valence-corrected chi connectivity index (χ2v) is 9.58. The molecule has 0 saturated carbocycles. The van der Waals surface area contributed by atoms with E-state index in [9.17, 15) is 4.79 Å². The molecule has 5 rings (SSSR count). The molecule has 164 valence electrons. The first-order valence-electron chi connectivity index (χ1n) is 10.9. The number of anilines is 1. The largest absolute Gasteiger partial charge is 0.354 e. The van der Waals surface area contributed by atoms with Gasteiger partial charge in [0.1, 0.15) is 12.1 Å². The highest BCUT2D eigenvalue weighted by atomic mass is 32.2. The van der Waals surface area contributed by atoms with Crippen molar-refractivity contribution < 1.29 is 0 Å². The van der Waals surface area contributed by atoms with Crippen LogP contribution in [0.4, 0.5) is 5.82 Å². The van der Waals surface area contributed by atoms with E-state index in [2.05, 4.69) is 49.9 Å². The minimum Gasteiger partial charge on any atom is -0.354 e. The lowest BCUT2D eigenvalue weighted by Gasteiger charge is -2.36. The fourth-order valence-electron chi connectivity index (χ4n) is 4.18. The van der Waals surface area contributed by atoms with Gasteiger partial charge in [-0.1, -0.05) is 13.8 Å². The third-order valence-electron chi connectivity index (χ3n) is 6.07. The summed E-state index contributed by atoms with van der Waals surface area (Å²) >= 11 is 1.87. The molecule has 3 aromatic rings. The fourth-order valence-corrected chi connectivity index (χ4v) is 5.14. The average Bonchev–Trinajstić information content (AvgIpc) is 3.26. The number of aryl methyl sites for hydroxylation is 1. The summed E-state index contributed by atoms with van der Waals surface area (Å²) in [6.45, 7) is 9.44. The molecule has 2 aliphatic rings. The molecule has 0 radical (unpaired) electrons. The van der Waals surface area contributed by atoms with Crippen molar-refractivity contribution in [3.63, 3.8) is 0 Å². The summed E-state index contributed by atoms with van der Waals surface area (Å²) in [7, 11) is 0. The molecule has 0 unspecified atom stereocenters. The van der Waals surface area contributed by atoms with Crippen LogP contribution < -0.4 is 10.5 Å². The Labute approximate surface area is 185 Å². The van der Waals surface area contributed by atoms with Gasteiger partial charge in [0.05, 0.1) is 17.9 Å². The summed E-state index contributed by atoms with van der Waals surface area (Å²) in [4.78, 5) is 26.1. The van der Waals surface area contributed by atoms with Crippen molar-refractivity contribution in [1.82, 2.24) is 34.3 Å². The Morgan fingerprint density at radius 3 is 2.77 bits per heavy atom. The molecular weight excluding hydrogens is 412 g/mol. The molecule has 0 N–H and O–H groups in total. The van der Waals surface area contributed by atoms with Crippen LogP contribution in [0.1, 0.15) is 36.7 Å². The van der Waals surface area contributed by atoms with Gasteiger partial charge in [0.15, 0.2) is 0 Å². The zero-order chi connectivity index (χ0) is 21.4. The molecule has 0 aliphatic carbocycles. The minimum atomic E-state index is 0.0199. The molecule has 9 nitrogen and oxygen atoms in total. The molecule has 2 aliphatic heterocycles. The van der Waals surface area contributed by atoms with E-state index >= 15 is 0 Å². The molecule has 1 saturated heterocycles. The fraction of sp³-hybridized carbons (Fsp3) is 0.571. The summed E-state index contributed by atoms with van der Waals surface area (Å²) in [5, 5.41) is 9.02. The second kappa shape index (κ2) is 8.58. The molecule has 1 fully saturated rings. The summed E-state index contributed by atoms with van der Waals surface area (Å²) in [5.74, 6) is 4.04. The van der Waals surface area contributed by atoms with Crippen LogP contribution in [0.5, 0.6) is 0 Å². The maximum Gasteiger partial charge on any atom is 0.267 e. The van der Waals surface area contributed by atoms with Crippen molar-refractivity contribution in [1.29, 1.82) is 0 Å². The van der Waals surface area contributed by atoms with Crippen LogP contribution in [0.2, 0.25) is 0 Å². The number of thioether (sulfide) groups is 1. The average molecular weight is 441 g/mol. The van der Waals surface area contributed by atoms with E-state index in [1.54, 1.807) is 17.1 Å². The van der Waals surface area contributed by atoms with E-state index in [0.29, 0.717) is 18.2 Å². The molecule has 5 heterocycles. The van der Waals surface area contributed by atoms with Gasteiger partial charge in [0.25, 0.3) is 11.3 Å². The summed E-state index contributed by atoms with van der Waals surface area (Å²) in [6, 6.07) is 3.92. The molecule has 0 atom stereocenters. The van der Waals surface area contributed by atoms with Crippen LogP contribution in [0, 0.1) is 0 Å². The number of hydrogen-bond acceptors (Lipinski definition) is 8. The van der Waals surface area contributed by atoms with Gasteiger partial charge in [-0.2, -0.15) is 31.5 Å². The van der Waals surface area contributed by atoms with Crippen LogP contribution in [0.3, 0.4) is 0 Å². The van der Waals surface area contributed by atoms with Crippen LogP contribution in [0.25, 0.3) is 5.78 Å². The monoisotopic (exact) mass is 440 g/mol. The smallest absolute Gasteiger partial charge is 0.267 e. The van der Waals surface area contributed by atoms with Crippen molar-refractivity contribution in [2.45, 2.75) is 38.5 Å². The van der Waals surface area contributed by atoms with Gasteiger partial charge >= 0.3 is 0 Å². The Morgan fingerprint density at radius 1 is 1.13 bits per heavy atom. The second-order valence-electron chi connectivity index (χ2n) is 8.47. The summed E-state index contributed by atoms with van der Waals surface area (Å²) < 4.78 is 3.48. The van der Waals surface area contributed by atoms with Crippen LogP contribution in [0.15, 0.2) is 23.3 Å². The van der Waals surface area contributed by atoms with Crippen molar-refractivity contribution in [3.05, 3.63) is 45.8 Å². The topological polar surface area (TPSA) is 84.5 Å². The third kappa shape index (κ3) is 4.18. The Morgan fingerprint density at radius 2 is 1.97 bits per heavy atom. The van der Waals surface area contributed by atoms with Gasteiger partial charge < -0.3 is 4.90 Å². The Balaban J connectivity index is 1.24. The first-order chi connectivity index (χ1) is 15.1. The number of nitrogens with zero attached hydrogens (tertiary/aromatic N) is 8. The van der Waals surface area contributed by atoms with Gasteiger partial charge in [-0.25, -0.2) is 9.67 Å². The van der Waals surface area contributed by atoms with Crippen LogP contribution in [-0.2, 0) is 18.7 Å². The maximum atomic E-state index is 12.4. The summed E-state index contributed by atoms with van der Waals surface area (Å²) in [5.41, 5.74) is 3.27. The van der Waals surface area contributed by atoms with Crippen molar-refractivity contribution >= 4 is 23.4 Å². The minimum absolute atomic E-state index is 0.0199. The lowest BCUT2D eigenvalue weighted by atomic mass is 10.1. The number of hydrogen-bond donors (Lipinski definition) is 0. The maximum absolute atomic E-state index is 12.4. The Hall–Kier alpha value is -2.46. The standard InChI is InChI=1S/C21H28N8OS/c1-15(2)18-12-19(29-21(24-18)22-14-23-29)27-7-4-26(5-8-27)6-9-28-20(30)11-16-13-31-10-3-17(16)25-28/h11-12,14-15H,3-10,13H2,1-2H3. The first kappa shape index (κ1) is 20.4. The normalized spacial score (nSPS) is 17.5. The van der Waals surface area contributed by atoms with E-state index in [-0.39, 0.29) is 5.56 Å². The van der Waals surface area contributed by atoms with Crippen LogP contribution >= 0.6 is 11.8 Å². The highest BCUT2D eigenvalue weighted by Crippen LogP contribution is 2.23. The van der Waals surface area contributed by atoms with E-state index < -0.39 is 0 Å². The molecular formula is C21H28N8OS. The van der Waals surface area contributed by atoms with E-state index in [4.69, 9.17) is 0 Å².